The molecule has 3 heterocycles. The van der Waals surface area contributed by atoms with Crippen LogP contribution < -0.4 is 0 Å². The van der Waals surface area contributed by atoms with E-state index in [2.05, 4.69) is 42.1 Å². The lowest BCUT2D eigenvalue weighted by molar-refractivity contribution is -0.131. The van der Waals surface area contributed by atoms with Crippen molar-refractivity contribution in [3.8, 4) is 0 Å². The number of aryl methyl sites for hydroxylation is 1. The predicted molar refractivity (Wildman–Crippen MR) is 113 cm³/mol. The second-order valence-corrected chi connectivity index (χ2v) is 9.64. The molecule has 1 aromatic heterocycles. The van der Waals surface area contributed by atoms with Crippen LogP contribution in [0.4, 0.5) is 0 Å². The molecule has 0 N–H and O–H groups in total. The number of imidazole rings is 1. The molecule has 2 atom stereocenters. The number of piperidine rings is 1. The maximum Gasteiger partial charge on any atom is 0.0947 e. The largest absolute Gasteiger partial charge is 0.373 e. The summed E-state index contributed by atoms with van der Waals surface area (Å²) in [7, 11) is 2.03. The van der Waals surface area contributed by atoms with E-state index in [9.17, 15) is 0 Å². The lowest BCUT2D eigenvalue weighted by Crippen LogP contribution is -2.47. The van der Waals surface area contributed by atoms with Gasteiger partial charge in [-0.25, -0.2) is 4.98 Å². The minimum atomic E-state index is 0.163. The van der Waals surface area contributed by atoms with Crippen molar-refractivity contribution in [1.82, 2.24) is 14.5 Å². The molecule has 4 nitrogen and oxygen atoms in total. The van der Waals surface area contributed by atoms with Gasteiger partial charge in [-0.2, -0.15) is 0 Å². The molecule has 2 saturated heterocycles. The van der Waals surface area contributed by atoms with Gasteiger partial charge in [-0.15, -0.1) is 0 Å². The maximum atomic E-state index is 6.55. The molecular formula is C23H32ClN3O. The molecule has 0 bridgehead atoms. The minimum Gasteiger partial charge on any atom is -0.373 e. The van der Waals surface area contributed by atoms with Gasteiger partial charge in [0.25, 0.3) is 0 Å². The van der Waals surface area contributed by atoms with Gasteiger partial charge in [-0.1, -0.05) is 37.6 Å². The van der Waals surface area contributed by atoms with E-state index in [1.165, 1.54) is 30.5 Å². The SMILES string of the molecule is CC(C)[C@@H]1CC2(CCN(Cc3cn(C)cn3)CC2)CO[C@H]1c1cccc(Cl)c1. The zero-order chi connectivity index (χ0) is 19.7. The van der Waals surface area contributed by atoms with Gasteiger partial charge in [0, 0.05) is 24.8 Å². The van der Waals surface area contributed by atoms with Crippen LogP contribution in [-0.4, -0.2) is 34.1 Å². The molecule has 4 rings (SSSR count). The number of hydrogen-bond acceptors (Lipinski definition) is 3. The highest BCUT2D eigenvalue weighted by atomic mass is 35.5. The third-order valence-electron chi connectivity index (χ3n) is 6.72. The van der Waals surface area contributed by atoms with Crippen molar-refractivity contribution in [3.63, 3.8) is 0 Å². The monoisotopic (exact) mass is 401 g/mol. The van der Waals surface area contributed by atoms with Crippen molar-refractivity contribution in [2.45, 2.75) is 45.8 Å². The Morgan fingerprint density at radius 1 is 1.29 bits per heavy atom. The lowest BCUT2D eigenvalue weighted by atomic mass is 9.66. The van der Waals surface area contributed by atoms with Crippen LogP contribution in [0.3, 0.4) is 0 Å². The van der Waals surface area contributed by atoms with Crippen molar-refractivity contribution in [2.24, 2.45) is 24.3 Å². The Labute approximate surface area is 173 Å². The van der Waals surface area contributed by atoms with Crippen molar-refractivity contribution in [2.75, 3.05) is 19.7 Å². The Balaban J connectivity index is 1.41. The molecule has 0 amide bonds. The number of hydrogen-bond donors (Lipinski definition) is 0. The average Bonchev–Trinajstić information content (AvgIpc) is 3.08. The number of likely N-dealkylation sites (tertiary alicyclic amines) is 1. The Morgan fingerprint density at radius 2 is 2.07 bits per heavy atom. The van der Waals surface area contributed by atoms with Gasteiger partial charge in [-0.05, 0) is 67.3 Å². The smallest absolute Gasteiger partial charge is 0.0947 e. The van der Waals surface area contributed by atoms with Gasteiger partial charge in [0.05, 0.1) is 24.7 Å². The molecule has 2 aromatic rings. The summed E-state index contributed by atoms with van der Waals surface area (Å²) in [4.78, 5) is 7.03. The van der Waals surface area contributed by atoms with E-state index < -0.39 is 0 Å². The fourth-order valence-corrected chi connectivity index (χ4v) is 5.18. The van der Waals surface area contributed by atoms with Crippen LogP contribution in [0.15, 0.2) is 36.8 Å². The highest BCUT2D eigenvalue weighted by Crippen LogP contribution is 2.49. The minimum absolute atomic E-state index is 0.163. The number of rotatable bonds is 4. The third kappa shape index (κ3) is 4.29. The molecule has 1 spiro atoms. The topological polar surface area (TPSA) is 30.3 Å². The molecule has 0 aliphatic carbocycles. The van der Waals surface area contributed by atoms with Gasteiger partial charge in [-0.3, -0.25) is 4.90 Å². The number of halogens is 1. The van der Waals surface area contributed by atoms with Gasteiger partial charge >= 0.3 is 0 Å². The van der Waals surface area contributed by atoms with E-state index in [4.69, 9.17) is 16.3 Å². The summed E-state index contributed by atoms with van der Waals surface area (Å²) in [6, 6.07) is 8.23. The summed E-state index contributed by atoms with van der Waals surface area (Å²) < 4.78 is 8.58. The Bertz CT molecular complexity index is 795. The van der Waals surface area contributed by atoms with E-state index in [-0.39, 0.29) is 6.10 Å². The summed E-state index contributed by atoms with van der Waals surface area (Å²) in [6.45, 7) is 8.75. The van der Waals surface area contributed by atoms with Gasteiger partial charge in [0.15, 0.2) is 0 Å². The molecule has 152 valence electrons. The van der Waals surface area contributed by atoms with E-state index in [1.807, 2.05) is 30.1 Å². The lowest BCUT2D eigenvalue weighted by Gasteiger charge is -2.50. The summed E-state index contributed by atoms with van der Waals surface area (Å²) in [5, 5.41) is 0.798. The van der Waals surface area contributed by atoms with Crippen LogP contribution in [0.25, 0.3) is 0 Å². The van der Waals surface area contributed by atoms with E-state index in [0.717, 1.165) is 31.3 Å². The van der Waals surface area contributed by atoms with E-state index in [0.29, 0.717) is 17.3 Å². The normalized spacial score (nSPS) is 25.5. The van der Waals surface area contributed by atoms with E-state index in [1.54, 1.807) is 0 Å². The molecule has 0 saturated carbocycles. The van der Waals surface area contributed by atoms with Crippen LogP contribution in [0.5, 0.6) is 0 Å². The number of ether oxygens (including phenoxy) is 1. The molecule has 5 heteroatoms. The van der Waals surface area contributed by atoms with Crippen LogP contribution >= 0.6 is 11.6 Å². The fraction of sp³-hybridized carbons (Fsp3) is 0.609. The van der Waals surface area contributed by atoms with Crippen molar-refractivity contribution in [1.29, 1.82) is 0 Å². The number of aromatic nitrogens is 2. The first kappa shape index (κ1) is 19.9. The summed E-state index contributed by atoms with van der Waals surface area (Å²) in [5.74, 6) is 1.13. The Hall–Kier alpha value is -1.36. The van der Waals surface area contributed by atoms with Crippen molar-refractivity contribution in [3.05, 3.63) is 53.1 Å². The average molecular weight is 402 g/mol. The van der Waals surface area contributed by atoms with E-state index >= 15 is 0 Å². The molecule has 0 unspecified atom stereocenters. The molecule has 28 heavy (non-hydrogen) atoms. The van der Waals surface area contributed by atoms with Crippen LogP contribution in [0, 0.1) is 17.3 Å². The second kappa shape index (κ2) is 8.17. The van der Waals surface area contributed by atoms with Crippen LogP contribution in [-0.2, 0) is 18.3 Å². The van der Waals surface area contributed by atoms with Gasteiger partial charge in [0.2, 0.25) is 0 Å². The fourth-order valence-electron chi connectivity index (χ4n) is 4.98. The summed E-state index contributed by atoms with van der Waals surface area (Å²) in [5.41, 5.74) is 2.72. The first-order valence-corrected chi connectivity index (χ1v) is 10.9. The first-order chi connectivity index (χ1) is 13.4. The van der Waals surface area contributed by atoms with Crippen molar-refractivity contribution < 1.29 is 4.74 Å². The Morgan fingerprint density at radius 3 is 2.71 bits per heavy atom. The zero-order valence-electron chi connectivity index (χ0n) is 17.3. The molecule has 2 aliphatic heterocycles. The summed E-state index contributed by atoms with van der Waals surface area (Å²) in [6.07, 6.45) is 7.85. The quantitative estimate of drug-likeness (QED) is 0.714. The standard InChI is InChI=1S/C23H32ClN3O/c1-17(2)21-12-23(15-28-22(21)18-5-4-6-19(24)11-18)7-9-27(10-8-23)14-20-13-26(3)16-25-20/h4-6,11,13,16-17,21-22H,7-10,12,14-15H2,1-3H3/t21-,22-/m0/s1. The molecule has 2 fully saturated rings. The zero-order valence-corrected chi connectivity index (χ0v) is 18.0. The van der Waals surface area contributed by atoms with Gasteiger partial charge in [0.1, 0.15) is 0 Å². The summed E-state index contributed by atoms with van der Waals surface area (Å²) >= 11 is 6.25. The third-order valence-corrected chi connectivity index (χ3v) is 6.96. The number of nitrogens with zero attached hydrogens (tertiary/aromatic N) is 3. The predicted octanol–water partition coefficient (Wildman–Crippen LogP) is 5.09. The maximum absolute atomic E-state index is 6.55. The van der Waals surface area contributed by atoms with Gasteiger partial charge < -0.3 is 9.30 Å². The Kier molecular flexibility index (Phi) is 5.82. The van der Waals surface area contributed by atoms with Crippen molar-refractivity contribution >= 4 is 11.6 Å². The highest BCUT2D eigenvalue weighted by Gasteiger charge is 2.44. The first-order valence-electron chi connectivity index (χ1n) is 10.5. The molecule has 0 radical (unpaired) electrons. The number of benzene rings is 1. The van der Waals surface area contributed by atoms with Crippen LogP contribution in [0.2, 0.25) is 5.02 Å². The molecule has 2 aliphatic rings. The highest BCUT2D eigenvalue weighted by molar-refractivity contribution is 6.30. The second-order valence-electron chi connectivity index (χ2n) is 9.21. The van der Waals surface area contributed by atoms with Crippen LogP contribution in [0.1, 0.15) is 50.5 Å². The molecule has 1 aromatic carbocycles. The molecular weight excluding hydrogens is 370 g/mol.